The molecule has 4 heteroatoms. The van der Waals surface area contributed by atoms with Crippen LogP contribution < -0.4 is 10.5 Å². The summed E-state index contributed by atoms with van der Waals surface area (Å²) in [4.78, 5) is 10.4. The molecule has 0 aliphatic heterocycles. The number of nitrogens with zero attached hydrogens (tertiary/aromatic N) is 1. The van der Waals surface area contributed by atoms with E-state index in [1.165, 1.54) is 6.08 Å². The largest absolute Gasteiger partial charge is 0.484 e. The van der Waals surface area contributed by atoms with E-state index in [-0.39, 0.29) is 6.61 Å². The fraction of sp³-hybridized carbons (Fsp3) is 0.0909. The van der Waals surface area contributed by atoms with Crippen molar-refractivity contribution in [3.8, 4) is 11.8 Å². The average molecular weight is 202 g/mol. The topological polar surface area (TPSA) is 76.1 Å². The van der Waals surface area contributed by atoms with Gasteiger partial charge in [0.15, 0.2) is 6.61 Å². The van der Waals surface area contributed by atoms with Crippen LogP contribution in [0, 0.1) is 11.3 Å². The van der Waals surface area contributed by atoms with Crippen molar-refractivity contribution in [2.45, 2.75) is 0 Å². The van der Waals surface area contributed by atoms with Gasteiger partial charge >= 0.3 is 0 Å². The van der Waals surface area contributed by atoms with Crippen molar-refractivity contribution in [1.29, 1.82) is 5.26 Å². The van der Waals surface area contributed by atoms with Crippen LogP contribution in [0.5, 0.6) is 5.75 Å². The van der Waals surface area contributed by atoms with Crippen LogP contribution >= 0.6 is 0 Å². The second-order valence-electron chi connectivity index (χ2n) is 2.79. The molecule has 1 rings (SSSR count). The van der Waals surface area contributed by atoms with Gasteiger partial charge in [-0.05, 0) is 23.8 Å². The van der Waals surface area contributed by atoms with E-state index in [1.54, 1.807) is 30.3 Å². The molecule has 0 aromatic heterocycles. The zero-order chi connectivity index (χ0) is 11.1. The van der Waals surface area contributed by atoms with Gasteiger partial charge in [-0.3, -0.25) is 4.79 Å². The summed E-state index contributed by atoms with van der Waals surface area (Å²) < 4.78 is 5.06. The van der Waals surface area contributed by atoms with Crippen LogP contribution in [0.25, 0.3) is 6.08 Å². The number of nitriles is 1. The monoisotopic (exact) mass is 202 g/mol. The van der Waals surface area contributed by atoms with E-state index in [0.717, 1.165) is 5.56 Å². The first-order valence-electron chi connectivity index (χ1n) is 4.29. The molecule has 0 bridgehead atoms. The molecule has 0 saturated carbocycles. The maximum absolute atomic E-state index is 10.4. The highest BCUT2D eigenvalue weighted by Gasteiger charge is 1.96. The van der Waals surface area contributed by atoms with Gasteiger partial charge in [0, 0.05) is 6.08 Å². The minimum atomic E-state index is -0.511. The van der Waals surface area contributed by atoms with Crippen LogP contribution in [0.4, 0.5) is 0 Å². The van der Waals surface area contributed by atoms with Crippen molar-refractivity contribution in [2.24, 2.45) is 5.73 Å². The molecule has 0 unspecified atom stereocenters. The Hall–Kier alpha value is -2.28. The molecule has 2 N–H and O–H groups in total. The van der Waals surface area contributed by atoms with E-state index in [1.807, 2.05) is 6.07 Å². The van der Waals surface area contributed by atoms with Gasteiger partial charge < -0.3 is 10.5 Å². The van der Waals surface area contributed by atoms with Crippen molar-refractivity contribution < 1.29 is 9.53 Å². The maximum atomic E-state index is 10.4. The van der Waals surface area contributed by atoms with Crippen LogP contribution in [0.15, 0.2) is 30.3 Å². The van der Waals surface area contributed by atoms with Gasteiger partial charge in [-0.25, -0.2) is 0 Å². The Bertz CT molecular complexity index is 402. The first-order chi connectivity index (χ1) is 7.22. The number of rotatable bonds is 4. The minimum Gasteiger partial charge on any atom is -0.484 e. The third kappa shape index (κ3) is 3.96. The van der Waals surface area contributed by atoms with Gasteiger partial charge in [0.2, 0.25) is 0 Å². The van der Waals surface area contributed by atoms with Gasteiger partial charge in [0.1, 0.15) is 5.75 Å². The molecule has 1 aromatic rings. The summed E-state index contributed by atoms with van der Waals surface area (Å²) in [6.07, 6.45) is 3.07. The van der Waals surface area contributed by atoms with E-state index in [9.17, 15) is 4.79 Å². The summed E-state index contributed by atoms with van der Waals surface area (Å²) in [5, 5.41) is 8.31. The summed E-state index contributed by atoms with van der Waals surface area (Å²) >= 11 is 0. The van der Waals surface area contributed by atoms with Crippen LogP contribution in [-0.4, -0.2) is 12.5 Å². The summed E-state index contributed by atoms with van der Waals surface area (Å²) in [6, 6.07) is 8.88. The van der Waals surface area contributed by atoms with E-state index in [4.69, 9.17) is 15.7 Å². The fourth-order valence-corrected chi connectivity index (χ4v) is 0.963. The van der Waals surface area contributed by atoms with E-state index >= 15 is 0 Å². The predicted molar refractivity (Wildman–Crippen MR) is 55.8 cm³/mol. The highest BCUT2D eigenvalue weighted by atomic mass is 16.5. The molecular weight excluding hydrogens is 192 g/mol. The molecule has 15 heavy (non-hydrogen) atoms. The molecule has 4 nitrogen and oxygen atoms in total. The summed E-state index contributed by atoms with van der Waals surface area (Å²) in [6.45, 7) is -0.132. The van der Waals surface area contributed by atoms with E-state index < -0.39 is 5.91 Å². The minimum absolute atomic E-state index is 0.132. The number of benzene rings is 1. The smallest absolute Gasteiger partial charge is 0.255 e. The van der Waals surface area contributed by atoms with Gasteiger partial charge in [0.05, 0.1) is 6.07 Å². The second-order valence-corrected chi connectivity index (χ2v) is 2.79. The van der Waals surface area contributed by atoms with Crippen LogP contribution in [0.2, 0.25) is 0 Å². The van der Waals surface area contributed by atoms with Crippen molar-refractivity contribution in [3.63, 3.8) is 0 Å². The molecule has 0 aliphatic carbocycles. The van der Waals surface area contributed by atoms with Crippen LogP contribution in [0.1, 0.15) is 5.56 Å². The molecule has 0 aliphatic rings. The Labute approximate surface area is 87.6 Å². The second kappa shape index (κ2) is 5.45. The highest BCUT2D eigenvalue weighted by molar-refractivity contribution is 5.75. The maximum Gasteiger partial charge on any atom is 0.255 e. The van der Waals surface area contributed by atoms with Crippen LogP contribution in [0.3, 0.4) is 0 Å². The lowest BCUT2D eigenvalue weighted by Crippen LogP contribution is -2.19. The van der Waals surface area contributed by atoms with Crippen molar-refractivity contribution in [3.05, 3.63) is 35.9 Å². The molecule has 0 radical (unpaired) electrons. The first-order valence-corrected chi connectivity index (χ1v) is 4.29. The Morgan fingerprint density at radius 2 is 2.13 bits per heavy atom. The van der Waals surface area contributed by atoms with Crippen molar-refractivity contribution in [2.75, 3.05) is 6.61 Å². The van der Waals surface area contributed by atoms with Crippen molar-refractivity contribution >= 4 is 12.0 Å². The highest BCUT2D eigenvalue weighted by Crippen LogP contribution is 2.12. The number of ether oxygens (including phenoxy) is 1. The molecule has 0 atom stereocenters. The lowest BCUT2D eigenvalue weighted by atomic mass is 10.2. The standard InChI is InChI=1S/C11H10N2O2/c12-7-1-2-9-3-5-10(6-4-9)15-8-11(13)14/h1-6H,8H2,(H2,13,14). The fourth-order valence-electron chi connectivity index (χ4n) is 0.963. The Morgan fingerprint density at radius 3 is 2.67 bits per heavy atom. The number of carbonyl (C=O) groups excluding carboxylic acids is 1. The third-order valence-corrected chi connectivity index (χ3v) is 1.61. The Morgan fingerprint density at radius 1 is 1.47 bits per heavy atom. The number of nitrogens with two attached hydrogens (primary N) is 1. The lowest BCUT2D eigenvalue weighted by Gasteiger charge is -2.02. The summed E-state index contributed by atoms with van der Waals surface area (Å²) in [7, 11) is 0. The predicted octanol–water partition coefficient (Wildman–Crippen LogP) is 1.09. The number of hydrogen-bond acceptors (Lipinski definition) is 3. The molecule has 0 fully saturated rings. The number of primary amides is 1. The zero-order valence-electron chi connectivity index (χ0n) is 8.01. The average Bonchev–Trinajstić information content (AvgIpc) is 2.25. The quantitative estimate of drug-likeness (QED) is 0.742. The van der Waals surface area contributed by atoms with Gasteiger partial charge in [0.25, 0.3) is 5.91 Å². The van der Waals surface area contributed by atoms with Crippen LogP contribution in [-0.2, 0) is 4.79 Å². The summed E-state index contributed by atoms with van der Waals surface area (Å²) in [5.41, 5.74) is 5.82. The number of carbonyl (C=O) groups is 1. The number of allylic oxidation sites excluding steroid dienone is 1. The van der Waals surface area contributed by atoms with E-state index in [0.29, 0.717) is 5.75 Å². The van der Waals surface area contributed by atoms with E-state index in [2.05, 4.69) is 0 Å². The lowest BCUT2D eigenvalue weighted by molar-refractivity contribution is -0.119. The first kappa shape index (κ1) is 10.8. The third-order valence-electron chi connectivity index (χ3n) is 1.61. The molecule has 1 amide bonds. The molecule has 0 saturated heterocycles. The van der Waals surface area contributed by atoms with Gasteiger partial charge in [-0.1, -0.05) is 12.1 Å². The molecule has 1 aromatic carbocycles. The number of amides is 1. The van der Waals surface area contributed by atoms with Crippen molar-refractivity contribution in [1.82, 2.24) is 0 Å². The molecule has 76 valence electrons. The normalized spacial score (nSPS) is 9.80. The number of hydrogen-bond donors (Lipinski definition) is 1. The van der Waals surface area contributed by atoms with Gasteiger partial charge in [-0.15, -0.1) is 0 Å². The Kier molecular flexibility index (Phi) is 3.92. The molecular formula is C11H10N2O2. The van der Waals surface area contributed by atoms with Gasteiger partial charge in [-0.2, -0.15) is 5.26 Å². The molecule has 0 spiro atoms. The molecule has 0 heterocycles. The Balaban J connectivity index is 2.61. The SMILES string of the molecule is N#CC=Cc1ccc(OCC(N)=O)cc1. The zero-order valence-corrected chi connectivity index (χ0v) is 8.01. The summed E-state index contributed by atoms with van der Waals surface area (Å²) in [5.74, 6) is 0.0614.